The second-order valence-electron chi connectivity index (χ2n) is 5.23. The van der Waals surface area contributed by atoms with Crippen molar-refractivity contribution >= 4 is 11.9 Å². The molecule has 6 nitrogen and oxygen atoms in total. The second-order valence-corrected chi connectivity index (χ2v) is 5.23. The molecule has 0 saturated carbocycles. The molecule has 3 N–H and O–H groups in total. The monoisotopic (exact) mass is 354 g/mol. The van der Waals surface area contributed by atoms with Crippen LogP contribution in [0.5, 0.6) is 0 Å². The molecule has 0 spiro atoms. The largest absolute Gasteiger partial charge is 0.417 e. The lowest BCUT2D eigenvalue weighted by Gasteiger charge is -2.12. The zero-order chi connectivity index (χ0) is 18.6. The Morgan fingerprint density at radius 3 is 2.68 bits per heavy atom. The third-order valence-corrected chi connectivity index (χ3v) is 3.32. The number of nitrogens with one attached hydrogen (secondary N) is 1. The molecule has 2 aromatic rings. The van der Waals surface area contributed by atoms with Crippen molar-refractivity contribution in [1.82, 2.24) is 10.5 Å². The van der Waals surface area contributed by atoms with E-state index in [1.165, 1.54) is 25.1 Å². The van der Waals surface area contributed by atoms with Crippen LogP contribution in [0.15, 0.2) is 33.8 Å². The van der Waals surface area contributed by atoms with E-state index in [1.54, 1.807) is 0 Å². The van der Waals surface area contributed by atoms with E-state index >= 15 is 0 Å². The maximum absolute atomic E-state index is 13.2. The zero-order valence-corrected chi connectivity index (χ0v) is 13.6. The molecular weight excluding hydrogens is 337 g/mol. The number of benzene rings is 1. The first-order valence-electron chi connectivity index (χ1n) is 7.49. The summed E-state index contributed by atoms with van der Waals surface area (Å²) in [6, 6.07) is 4.82. The molecule has 1 amide bonds. The number of rotatable bonds is 4. The van der Waals surface area contributed by atoms with Crippen molar-refractivity contribution in [3.63, 3.8) is 0 Å². The number of alkyl halides is 3. The molecule has 0 fully saturated rings. The lowest BCUT2D eigenvalue weighted by molar-refractivity contribution is -0.137. The van der Waals surface area contributed by atoms with Crippen LogP contribution < -0.4 is 11.1 Å². The topological polar surface area (TPSA) is 93.5 Å². The normalized spacial score (nSPS) is 12.3. The van der Waals surface area contributed by atoms with Crippen molar-refractivity contribution in [1.29, 1.82) is 0 Å². The van der Waals surface area contributed by atoms with Gasteiger partial charge >= 0.3 is 6.18 Å². The fraction of sp³-hybridized carbons (Fsp3) is 0.312. The zero-order valence-electron chi connectivity index (χ0n) is 13.6. The third-order valence-electron chi connectivity index (χ3n) is 3.32. The minimum atomic E-state index is -4.60. The van der Waals surface area contributed by atoms with Gasteiger partial charge in [0, 0.05) is 12.1 Å². The maximum atomic E-state index is 13.2. The predicted octanol–water partition coefficient (Wildman–Crippen LogP) is 3.12. The van der Waals surface area contributed by atoms with Gasteiger partial charge in [-0.1, -0.05) is 30.3 Å². The lowest BCUT2D eigenvalue weighted by atomic mass is 10.00. The van der Waals surface area contributed by atoms with Crippen molar-refractivity contribution < 1.29 is 22.5 Å². The number of carbonyl (C=O) groups is 1. The van der Waals surface area contributed by atoms with Crippen molar-refractivity contribution in [2.24, 2.45) is 10.7 Å². The molecule has 0 radical (unpaired) electrons. The summed E-state index contributed by atoms with van der Waals surface area (Å²) in [5.74, 6) is -0.779. The van der Waals surface area contributed by atoms with Crippen LogP contribution in [0.1, 0.15) is 35.0 Å². The molecule has 0 aliphatic rings. The van der Waals surface area contributed by atoms with E-state index in [2.05, 4.69) is 15.5 Å². The van der Waals surface area contributed by atoms with Crippen molar-refractivity contribution in [2.45, 2.75) is 26.4 Å². The Bertz CT molecular complexity index is 797. The molecule has 0 unspecified atom stereocenters. The van der Waals surface area contributed by atoms with Crippen molar-refractivity contribution in [3.05, 3.63) is 41.2 Å². The van der Waals surface area contributed by atoms with Gasteiger partial charge in [0.2, 0.25) is 0 Å². The molecule has 2 rings (SSSR count). The standard InChI is InChI=1S/C16H17F3N4O2/c1-3-8-21-15(20)22-14(24)12-9(2)25-23-13(12)10-6-4-5-7-11(10)16(17,18)19/h4-7H,3,8H2,1-2H3,(H3,20,21,22,24). The highest BCUT2D eigenvalue weighted by atomic mass is 19.4. The Morgan fingerprint density at radius 2 is 2.04 bits per heavy atom. The number of hydrogen-bond donors (Lipinski definition) is 2. The van der Waals surface area contributed by atoms with E-state index in [0.29, 0.717) is 6.54 Å². The van der Waals surface area contributed by atoms with Gasteiger partial charge in [0.05, 0.1) is 5.56 Å². The molecule has 0 aliphatic heterocycles. The minimum Gasteiger partial charge on any atom is -0.370 e. The number of hydrogen-bond acceptors (Lipinski definition) is 4. The molecule has 0 aliphatic carbocycles. The molecule has 0 bridgehead atoms. The van der Waals surface area contributed by atoms with Gasteiger partial charge in [-0.25, -0.2) is 0 Å². The first-order chi connectivity index (χ1) is 11.8. The van der Waals surface area contributed by atoms with Gasteiger partial charge in [-0.05, 0) is 19.4 Å². The number of nitrogens with zero attached hydrogens (tertiary/aromatic N) is 2. The van der Waals surface area contributed by atoms with Gasteiger partial charge in [-0.15, -0.1) is 0 Å². The van der Waals surface area contributed by atoms with Gasteiger partial charge in [0.1, 0.15) is 17.0 Å². The number of aryl methyl sites for hydroxylation is 1. The minimum absolute atomic E-state index is 0.0766. The van der Waals surface area contributed by atoms with Crippen LogP contribution in [0.25, 0.3) is 11.3 Å². The Labute approximate surface area is 141 Å². The fourth-order valence-electron chi connectivity index (χ4n) is 2.21. The number of carbonyl (C=O) groups excluding carboxylic acids is 1. The van der Waals surface area contributed by atoms with Gasteiger partial charge in [-0.2, -0.15) is 13.2 Å². The van der Waals surface area contributed by atoms with Crippen molar-refractivity contribution in [2.75, 3.05) is 6.54 Å². The average molecular weight is 354 g/mol. The molecule has 9 heteroatoms. The Kier molecular flexibility index (Phi) is 5.45. The lowest BCUT2D eigenvalue weighted by Crippen LogP contribution is -2.37. The summed E-state index contributed by atoms with van der Waals surface area (Å²) >= 11 is 0. The van der Waals surface area contributed by atoms with Crippen LogP contribution in [0, 0.1) is 6.92 Å². The van der Waals surface area contributed by atoms with Crippen LogP contribution >= 0.6 is 0 Å². The van der Waals surface area contributed by atoms with Gasteiger partial charge in [-0.3, -0.25) is 15.1 Å². The number of nitrogens with two attached hydrogens (primary N) is 1. The maximum Gasteiger partial charge on any atom is 0.417 e. The van der Waals surface area contributed by atoms with E-state index < -0.39 is 17.6 Å². The summed E-state index contributed by atoms with van der Waals surface area (Å²) in [6.45, 7) is 3.73. The highest BCUT2D eigenvalue weighted by Crippen LogP contribution is 2.38. The molecule has 1 aromatic heterocycles. The average Bonchev–Trinajstić information content (AvgIpc) is 2.93. The summed E-state index contributed by atoms with van der Waals surface area (Å²) in [5.41, 5.74) is 4.11. The van der Waals surface area contributed by atoms with E-state index in [1.807, 2.05) is 6.92 Å². The van der Waals surface area contributed by atoms with E-state index in [-0.39, 0.29) is 28.5 Å². The summed E-state index contributed by atoms with van der Waals surface area (Å²) in [4.78, 5) is 16.3. The first kappa shape index (κ1) is 18.5. The fourth-order valence-corrected chi connectivity index (χ4v) is 2.21. The predicted molar refractivity (Wildman–Crippen MR) is 85.9 cm³/mol. The second kappa shape index (κ2) is 7.37. The number of aromatic nitrogens is 1. The molecule has 1 heterocycles. The molecular formula is C16H17F3N4O2. The van der Waals surface area contributed by atoms with Crippen LogP contribution in [-0.4, -0.2) is 23.6 Å². The third kappa shape index (κ3) is 4.17. The van der Waals surface area contributed by atoms with Crippen molar-refractivity contribution in [3.8, 4) is 11.3 Å². The smallest absolute Gasteiger partial charge is 0.370 e. The molecule has 25 heavy (non-hydrogen) atoms. The molecule has 1 aromatic carbocycles. The Hall–Kier alpha value is -2.84. The molecule has 134 valence electrons. The van der Waals surface area contributed by atoms with Gasteiger partial charge in [0.25, 0.3) is 5.91 Å². The Morgan fingerprint density at radius 1 is 1.36 bits per heavy atom. The van der Waals surface area contributed by atoms with E-state index in [9.17, 15) is 18.0 Å². The Balaban J connectivity index is 2.46. The molecule has 0 atom stereocenters. The first-order valence-corrected chi connectivity index (χ1v) is 7.49. The quantitative estimate of drug-likeness (QED) is 0.652. The van der Waals surface area contributed by atoms with Gasteiger partial charge < -0.3 is 10.3 Å². The van der Waals surface area contributed by atoms with Crippen LogP contribution in [0.3, 0.4) is 0 Å². The van der Waals surface area contributed by atoms with Gasteiger partial charge in [0.15, 0.2) is 5.96 Å². The summed E-state index contributed by atoms with van der Waals surface area (Å²) in [5, 5.41) is 5.97. The van der Waals surface area contributed by atoms with Crippen LogP contribution in [-0.2, 0) is 6.18 Å². The van der Waals surface area contributed by atoms with E-state index in [4.69, 9.17) is 10.3 Å². The highest BCUT2D eigenvalue weighted by Gasteiger charge is 2.35. The molecule has 0 saturated heterocycles. The van der Waals surface area contributed by atoms with Crippen LogP contribution in [0.2, 0.25) is 0 Å². The number of aliphatic imine (C=N–C) groups is 1. The number of amides is 1. The van der Waals surface area contributed by atoms with Crippen LogP contribution in [0.4, 0.5) is 13.2 Å². The summed E-state index contributed by atoms with van der Waals surface area (Å²) in [7, 11) is 0. The van der Waals surface area contributed by atoms with E-state index in [0.717, 1.165) is 12.5 Å². The SMILES string of the molecule is CCCN=C(N)NC(=O)c1c(-c2ccccc2C(F)(F)F)noc1C. The highest BCUT2D eigenvalue weighted by molar-refractivity contribution is 6.09. The summed E-state index contributed by atoms with van der Waals surface area (Å²) < 4.78 is 44.6. The summed E-state index contributed by atoms with van der Waals surface area (Å²) in [6.07, 6.45) is -3.87. The number of guanidine groups is 1. The number of halogens is 3.